The van der Waals surface area contributed by atoms with Crippen molar-refractivity contribution in [1.29, 1.82) is 0 Å². The van der Waals surface area contributed by atoms with E-state index in [1.54, 1.807) is 6.07 Å². The van der Waals surface area contributed by atoms with Gasteiger partial charge in [0.15, 0.2) is 0 Å². The van der Waals surface area contributed by atoms with E-state index in [4.69, 9.17) is 5.73 Å². The van der Waals surface area contributed by atoms with E-state index in [-0.39, 0.29) is 11.9 Å². The van der Waals surface area contributed by atoms with E-state index < -0.39 is 0 Å². The number of hydrogen-bond acceptors (Lipinski definition) is 2. The summed E-state index contributed by atoms with van der Waals surface area (Å²) < 4.78 is 0. The first-order valence-electron chi connectivity index (χ1n) is 6.75. The molecule has 0 heterocycles. The van der Waals surface area contributed by atoms with Crippen molar-refractivity contribution in [2.75, 3.05) is 5.73 Å². The maximum atomic E-state index is 12.2. The lowest BCUT2D eigenvalue weighted by molar-refractivity contribution is 0.0928. The normalized spacial score (nSPS) is 17.7. The molecule has 18 heavy (non-hydrogen) atoms. The minimum Gasteiger partial charge on any atom is -0.398 e. The molecule has 3 nitrogen and oxygen atoms in total. The Morgan fingerprint density at radius 3 is 2.72 bits per heavy atom. The van der Waals surface area contributed by atoms with Gasteiger partial charge in [-0.05, 0) is 44.7 Å². The van der Waals surface area contributed by atoms with Gasteiger partial charge in [-0.25, -0.2) is 0 Å². The Bertz CT molecular complexity index is 436. The largest absolute Gasteiger partial charge is 0.398 e. The maximum absolute atomic E-state index is 12.2. The van der Waals surface area contributed by atoms with E-state index in [9.17, 15) is 4.79 Å². The fraction of sp³-hybridized carbons (Fsp3) is 0.533. The predicted octanol–water partition coefficient (Wildman–Crippen LogP) is 2.89. The van der Waals surface area contributed by atoms with Crippen LogP contribution < -0.4 is 11.1 Å². The lowest BCUT2D eigenvalue weighted by Gasteiger charge is -2.20. The summed E-state index contributed by atoms with van der Waals surface area (Å²) in [6, 6.07) is 5.81. The molecule has 1 saturated carbocycles. The summed E-state index contributed by atoms with van der Waals surface area (Å²) in [5, 5.41) is 3.09. The molecule has 2 rings (SSSR count). The van der Waals surface area contributed by atoms with Crippen LogP contribution in [0.1, 0.15) is 48.5 Å². The third-order valence-electron chi connectivity index (χ3n) is 3.92. The van der Waals surface area contributed by atoms with E-state index in [0.717, 1.165) is 5.56 Å². The molecule has 0 unspecified atom stereocenters. The van der Waals surface area contributed by atoms with Gasteiger partial charge in [0.1, 0.15) is 0 Å². The summed E-state index contributed by atoms with van der Waals surface area (Å²) in [5.41, 5.74) is 8.07. The van der Waals surface area contributed by atoms with Crippen LogP contribution in [0.5, 0.6) is 0 Å². The Hall–Kier alpha value is -1.51. The Labute approximate surface area is 109 Å². The molecule has 1 atom stereocenters. The Kier molecular flexibility index (Phi) is 3.90. The van der Waals surface area contributed by atoms with Crippen LogP contribution in [0.3, 0.4) is 0 Å². The molecule has 1 aromatic carbocycles. The SMILES string of the molecule is Cc1ccc(N)c(C(=O)N[C@@H](C)C2CCCC2)c1. The molecule has 0 aromatic heterocycles. The molecule has 1 aromatic rings. The molecule has 98 valence electrons. The highest BCUT2D eigenvalue weighted by Crippen LogP contribution is 2.27. The zero-order chi connectivity index (χ0) is 13.1. The first-order chi connectivity index (χ1) is 8.58. The molecule has 0 radical (unpaired) electrons. The monoisotopic (exact) mass is 246 g/mol. The maximum Gasteiger partial charge on any atom is 0.253 e. The number of aryl methyl sites for hydroxylation is 1. The van der Waals surface area contributed by atoms with Gasteiger partial charge in [-0.2, -0.15) is 0 Å². The van der Waals surface area contributed by atoms with Gasteiger partial charge in [-0.3, -0.25) is 4.79 Å². The van der Waals surface area contributed by atoms with Crippen LogP contribution in [-0.2, 0) is 0 Å². The molecule has 1 amide bonds. The number of nitrogen functional groups attached to an aromatic ring is 1. The number of carbonyl (C=O) groups is 1. The molecular formula is C15H22N2O. The third kappa shape index (κ3) is 2.84. The van der Waals surface area contributed by atoms with Crippen molar-refractivity contribution in [3.05, 3.63) is 29.3 Å². The van der Waals surface area contributed by atoms with Gasteiger partial charge in [-0.15, -0.1) is 0 Å². The summed E-state index contributed by atoms with van der Waals surface area (Å²) in [4.78, 5) is 12.2. The van der Waals surface area contributed by atoms with Crippen LogP contribution in [0.25, 0.3) is 0 Å². The van der Waals surface area contributed by atoms with Crippen molar-refractivity contribution in [3.8, 4) is 0 Å². The smallest absolute Gasteiger partial charge is 0.253 e. The zero-order valence-corrected chi connectivity index (χ0v) is 11.2. The fourth-order valence-corrected chi connectivity index (χ4v) is 2.73. The Morgan fingerprint density at radius 2 is 2.06 bits per heavy atom. The van der Waals surface area contributed by atoms with Gasteiger partial charge >= 0.3 is 0 Å². The van der Waals surface area contributed by atoms with Crippen molar-refractivity contribution >= 4 is 11.6 Å². The molecule has 0 spiro atoms. The summed E-state index contributed by atoms with van der Waals surface area (Å²) in [5.74, 6) is 0.579. The highest BCUT2D eigenvalue weighted by Gasteiger charge is 2.23. The molecular weight excluding hydrogens is 224 g/mol. The van der Waals surface area contributed by atoms with E-state index in [1.807, 2.05) is 19.1 Å². The molecule has 3 heteroatoms. The number of hydrogen-bond donors (Lipinski definition) is 2. The minimum absolute atomic E-state index is 0.0457. The van der Waals surface area contributed by atoms with Crippen LogP contribution >= 0.6 is 0 Å². The van der Waals surface area contributed by atoms with Crippen molar-refractivity contribution in [3.63, 3.8) is 0 Å². The Balaban J connectivity index is 2.04. The van der Waals surface area contributed by atoms with Crippen LogP contribution in [0.15, 0.2) is 18.2 Å². The van der Waals surface area contributed by atoms with Gasteiger partial charge in [0, 0.05) is 11.7 Å². The van der Waals surface area contributed by atoms with Crippen LogP contribution in [0, 0.1) is 12.8 Å². The van der Waals surface area contributed by atoms with E-state index >= 15 is 0 Å². The summed E-state index contributed by atoms with van der Waals surface area (Å²) >= 11 is 0. The summed E-state index contributed by atoms with van der Waals surface area (Å²) in [6.45, 7) is 4.07. The number of anilines is 1. The molecule has 3 N–H and O–H groups in total. The van der Waals surface area contributed by atoms with Gasteiger partial charge in [0.05, 0.1) is 5.56 Å². The summed E-state index contributed by atoms with van der Waals surface area (Å²) in [6.07, 6.45) is 5.03. The molecule has 0 bridgehead atoms. The molecule has 1 aliphatic carbocycles. The first-order valence-corrected chi connectivity index (χ1v) is 6.75. The molecule has 0 aliphatic heterocycles. The van der Waals surface area contributed by atoms with Crippen molar-refractivity contribution < 1.29 is 4.79 Å². The average molecular weight is 246 g/mol. The van der Waals surface area contributed by atoms with Crippen LogP contribution in [0.2, 0.25) is 0 Å². The second kappa shape index (κ2) is 5.42. The van der Waals surface area contributed by atoms with Crippen molar-refractivity contribution in [2.45, 2.75) is 45.6 Å². The van der Waals surface area contributed by atoms with Crippen molar-refractivity contribution in [1.82, 2.24) is 5.32 Å². The number of nitrogens with two attached hydrogens (primary N) is 1. The summed E-state index contributed by atoms with van der Waals surface area (Å²) in [7, 11) is 0. The minimum atomic E-state index is -0.0457. The number of amides is 1. The van der Waals surface area contributed by atoms with Crippen molar-refractivity contribution in [2.24, 2.45) is 5.92 Å². The highest BCUT2D eigenvalue weighted by atomic mass is 16.1. The highest BCUT2D eigenvalue weighted by molar-refractivity contribution is 5.99. The number of rotatable bonds is 3. The van der Waals surface area contributed by atoms with E-state index in [1.165, 1.54) is 25.7 Å². The molecule has 1 aliphatic rings. The van der Waals surface area contributed by atoms with Gasteiger partial charge in [-0.1, -0.05) is 24.5 Å². The topological polar surface area (TPSA) is 55.1 Å². The second-order valence-corrected chi connectivity index (χ2v) is 5.40. The van der Waals surface area contributed by atoms with E-state index in [2.05, 4.69) is 12.2 Å². The third-order valence-corrected chi connectivity index (χ3v) is 3.92. The number of benzene rings is 1. The van der Waals surface area contributed by atoms with Crippen LogP contribution in [-0.4, -0.2) is 11.9 Å². The first kappa shape index (κ1) is 12.9. The van der Waals surface area contributed by atoms with Gasteiger partial charge < -0.3 is 11.1 Å². The standard InChI is InChI=1S/C15H22N2O/c1-10-7-8-14(16)13(9-10)15(18)17-11(2)12-5-3-4-6-12/h7-9,11-12H,3-6,16H2,1-2H3,(H,17,18)/t11-/m0/s1. The second-order valence-electron chi connectivity index (χ2n) is 5.40. The lowest BCUT2D eigenvalue weighted by atomic mass is 9.99. The number of carbonyl (C=O) groups excluding carboxylic acids is 1. The van der Waals surface area contributed by atoms with E-state index in [0.29, 0.717) is 17.2 Å². The van der Waals surface area contributed by atoms with Gasteiger partial charge in [0.25, 0.3) is 5.91 Å². The quantitative estimate of drug-likeness (QED) is 0.806. The lowest BCUT2D eigenvalue weighted by Crippen LogP contribution is -2.37. The Morgan fingerprint density at radius 1 is 1.39 bits per heavy atom. The van der Waals surface area contributed by atoms with Crippen LogP contribution in [0.4, 0.5) is 5.69 Å². The average Bonchev–Trinajstić information content (AvgIpc) is 2.85. The molecule has 0 saturated heterocycles. The fourth-order valence-electron chi connectivity index (χ4n) is 2.73. The zero-order valence-electron chi connectivity index (χ0n) is 11.2. The molecule has 1 fully saturated rings. The number of nitrogens with one attached hydrogen (secondary N) is 1. The van der Waals surface area contributed by atoms with Gasteiger partial charge in [0.2, 0.25) is 0 Å². The predicted molar refractivity (Wildman–Crippen MR) is 74.5 cm³/mol.